The molecule has 19 heavy (non-hydrogen) atoms. The molecule has 1 aromatic heterocycles. The molecule has 0 aromatic carbocycles. The minimum atomic E-state index is -0.487. The Bertz CT molecular complexity index is 485. The second-order valence-electron chi connectivity index (χ2n) is 4.75. The molecule has 7 nitrogen and oxygen atoms in total. The third-order valence-corrected chi connectivity index (χ3v) is 3.04. The van der Waals surface area contributed by atoms with Crippen molar-refractivity contribution in [3.05, 3.63) is 18.1 Å². The fourth-order valence-electron chi connectivity index (χ4n) is 1.98. The number of rotatable bonds is 3. The van der Waals surface area contributed by atoms with Gasteiger partial charge in [-0.05, 0) is 13.8 Å². The van der Waals surface area contributed by atoms with E-state index in [2.05, 4.69) is 9.97 Å². The molecule has 0 atom stereocenters. The maximum atomic E-state index is 12.0. The highest BCUT2D eigenvalue weighted by Crippen LogP contribution is 2.11. The number of carbonyl (C=O) groups excluding carboxylic acids is 2. The molecule has 2 amide bonds. The zero-order valence-electron chi connectivity index (χ0n) is 11.0. The molecule has 2 heterocycles. The lowest BCUT2D eigenvalue weighted by molar-refractivity contribution is -0.157. The molecule has 0 radical (unpaired) electrons. The Kier molecular flexibility index (Phi) is 3.64. The molecule has 2 N–H and O–H groups in total. The van der Waals surface area contributed by atoms with Gasteiger partial charge in [-0.1, -0.05) is 0 Å². The Morgan fingerprint density at radius 3 is 2.53 bits per heavy atom. The number of amides is 2. The van der Waals surface area contributed by atoms with Gasteiger partial charge in [0.15, 0.2) is 0 Å². The fourth-order valence-corrected chi connectivity index (χ4v) is 1.98. The van der Waals surface area contributed by atoms with Crippen LogP contribution in [0.2, 0.25) is 0 Å². The van der Waals surface area contributed by atoms with Gasteiger partial charge in [0.1, 0.15) is 5.82 Å². The lowest BCUT2D eigenvalue weighted by Gasteiger charge is -2.35. The molecule has 0 spiro atoms. The van der Waals surface area contributed by atoms with Crippen molar-refractivity contribution in [2.45, 2.75) is 26.4 Å². The Morgan fingerprint density at radius 2 is 1.95 bits per heavy atom. The van der Waals surface area contributed by atoms with Crippen molar-refractivity contribution >= 4 is 17.6 Å². The summed E-state index contributed by atoms with van der Waals surface area (Å²) in [7, 11) is 0. The van der Waals surface area contributed by atoms with Gasteiger partial charge in [0.2, 0.25) is 0 Å². The number of hydrogen-bond donors (Lipinski definition) is 1. The molecular weight excluding hydrogens is 246 g/mol. The molecule has 1 aliphatic heterocycles. The lowest BCUT2D eigenvalue weighted by atomic mass is 10.2. The van der Waals surface area contributed by atoms with E-state index in [1.807, 2.05) is 13.8 Å². The number of hydrogen-bond acceptors (Lipinski definition) is 5. The zero-order valence-corrected chi connectivity index (χ0v) is 11.0. The van der Waals surface area contributed by atoms with E-state index in [9.17, 15) is 9.59 Å². The van der Waals surface area contributed by atoms with E-state index >= 15 is 0 Å². The average molecular weight is 263 g/mol. The number of nitrogens with zero attached hydrogens (tertiary/aromatic N) is 4. The summed E-state index contributed by atoms with van der Waals surface area (Å²) in [6.07, 6.45) is 2.95. The molecule has 0 bridgehead atoms. The molecule has 7 heteroatoms. The number of aromatic nitrogens is 2. The topological polar surface area (TPSA) is 92.4 Å². The first-order valence-electron chi connectivity index (χ1n) is 6.15. The van der Waals surface area contributed by atoms with E-state index in [-0.39, 0.29) is 12.6 Å². The predicted octanol–water partition coefficient (Wildman–Crippen LogP) is -0.362. The maximum Gasteiger partial charge on any atom is 0.312 e. The van der Waals surface area contributed by atoms with Crippen molar-refractivity contribution in [2.24, 2.45) is 0 Å². The van der Waals surface area contributed by atoms with Gasteiger partial charge in [0, 0.05) is 19.1 Å². The summed E-state index contributed by atoms with van der Waals surface area (Å²) in [5.41, 5.74) is 6.06. The van der Waals surface area contributed by atoms with Crippen LogP contribution in [0.1, 0.15) is 19.5 Å². The van der Waals surface area contributed by atoms with Gasteiger partial charge >= 0.3 is 11.8 Å². The number of piperazine rings is 1. The first-order valence-corrected chi connectivity index (χ1v) is 6.15. The summed E-state index contributed by atoms with van der Waals surface area (Å²) in [5.74, 6) is -0.612. The van der Waals surface area contributed by atoms with Crippen LogP contribution in [0.4, 0.5) is 5.82 Å². The highest BCUT2D eigenvalue weighted by Gasteiger charge is 2.33. The van der Waals surface area contributed by atoms with Crippen molar-refractivity contribution in [3.63, 3.8) is 0 Å². The Hall–Kier alpha value is -2.18. The van der Waals surface area contributed by atoms with Gasteiger partial charge in [-0.15, -0.1) is 0 Å². The van der Waals surface area contributed by atoms with E-state index in [0.717, 1.165) is 0 Å². The SMILES string of the molecule is CC(C)N1CCN(Cc2cnc(N)cn2)C(=O)C1=O. The molecule has 1 aromatic rings. The Balaban J connectivity index is 2.05. The van der Waals surface area contributed by atoms with Crippen molar-refractivity contribution in [2.75, 3.05) is 18.8 Å². The zero-order chi connectivity index (χ0) is 14.0. The minimum absolute atomic E-state index is 0.0370. The third kappa shape index (κ3) is 2.81. The van der Waals surface area contributed by atoms with Crippen LogP contribution in [-0.2, 0) is 16.1 Å². The second kappa shape index (κ2) is 5.21. The number of anilines is 1. The van der Waals surface area contributed by atoms with Crippen molar-refractivity contribution in [3.8, 4) is 0 Å². The smallest absolute Gasteiger partial charge is 0.312 e. The van der Waals surface area contributed by atoms with Gasteiger partial charge in [-0.2, -0.15) is 0 Å². The molecule has 102 valence electrons. The van der Waals surface area contributed by atoms with Crippen LogP contribution in [0.25, 0.3) is 0 Å². The third-order valence-electron chi connectivity index (χ3n) is 3.04. The van der Waals surface area contributed by atoms with Crippen LogP contribution in [0.15, 0.2) is 12.4 Å². The molecule has 1 aliphatic rings. The summed E-state index contributed by atoms with van der Waals surface area (Å²) >= 11 is 0. The molecule has 0 aliphatic carbocycles. The van der Waals surface area contributed by atoms with Gasteiger partial charge < -0.3 is 15.5 Å². The van der Waals surface area contributed by atoms with Crippen molar-refractivity contribution in [1.29, 1.82) is 0 Å². The number of nitrogens with two attached hydrogens (primary N) is 1. The largest absolute Gasteiger partial charge is 0.382 e. The lowest BCUT2D eigenvalue weighted by Crippen LogP contribution is -2.55. The maximum absolute atomic E-state index is 12.0. The standard InChI is InChI=1S/C12H17N5O2/c1-8(2)17-4-3-16(11(18)12(17)19)7-9-5-15-10(13)6-14-9/h5-6,8H,3-4,7H2,1-2H3,(H2,13,15). The quantitative estimate of drug-likeness (QED) is 0.752. The first kappa shape index (κ1) is 13.3. The van der Waals surface area contributed by atoms with Crippen LogP contribution < -0.4 is 5.73 Å². The molecular formula is C12H17N5O2. The number of nitrogen functional groups attached to an aromatic ring is 1. The summed E-state index contributed by atoms with van der Waals surface area (Å²) < 4.78 is 0. The normalized spacial score (nSPS) is 16.4. The molecule has 1 saturated heterocycles. The van der Waals surface area contributed by atoms with Crippen molar-refractivity contribution < 1.29 is 9.59 Å². The molecule has 2 rings (SSSR count). The first-order chi connectivity index (χ1) is 8.99. The molecule has 1 fully saturated rings. The van der Waals surface area contributed by atoms with E-state index in [1.54, 1.807) is 4.90 Å². The second-order valence-corrected chi connectivity index (χ2v) is 4.75. The van der Waals surface area contributed by atoms with Gasteiger partial charge in [0.05, 0.1) is 24.6 Å². The van der Waals surface area contributed by atoms with Gasteiger partial charge in [-0.3, -0.25) is 14.6 Å². The molecule has 0 unspecified atom stereocenters. The number of carbonyl (C=O) groups is 2. The van der Waals surface area contributed by atoms with Crippen LogP contribution in [0.5, 0.6) is 0 Å². The van der Waals surface area contributed by atoms with Gasteiger partial charge in [0.25, 0.3) is 0 Å². The highest BCUT2D eigenvalue weighted by atomic mass is 16.2. The van der Waals surface area contributed by atoms with Crippen molar-refractivity contribution in [1.82, 2.24) is 19.8 Å². The highest BCUT2D eigenvalue weighted by molar-refractivity contribution is 6.35. The van der Waals surface area contributed by atoms with Gasteiger partial charge in [-0.25, -0.2) is 4.98 Å². The average Bonchev–Trinajstić information content (AvgIpc) is 2.37. The Labute approximate surface area is 111 Å². The predicted molar refractivity (Wildman–Crippen MR) is 68.7 cm³/mol. The van der Waals surface area contributed by atoms with Crippen LogP contribution in [-0.4, -0.2) is 50.7 Å². The summed E-state index contributed by atoms with van der Waals surface area (Å²) in [6, 6.07) is 0.0370. The monoisotopic (exact) mass is 263 g/mol. The summed E-state index contributed by atoms with van der Waals surface area (Å²) in [4.78, 5) is 34.9. The van der Waals surface area contributed by atoms with E-state index < -0.39 is 11.8 Å². The van der Waals surface area contributed by atoms with Crippen LogP contribution in [0.3, 0.4) is 0 Å². The summed E-state index contributed by atoms with van der Waals surface area (Å²) in [5, 5.41) is 0. The molecule has 0 saturated carbocycles. The van der Waals surface area contributed by atoms with E-state index in [1.165, 1.54) is 17.3 Å². The van der Waals surface area contributed by atoms with Crippen LogP contribution in [0, 0.1) is 0 Å². The van der Waals surface area contributed by atoms with E-state index in [4.69, 9.17) is 5.73 Å². The van der Waals surface area contributed by atoms with E-state index in [0.29, 0.717) is 24.6 Å². The Morgan fingerprint density at radius 1 is 1.21 bits per heavy atom. The minimum Gasteiger partial charge on any atom is -0.382 e. The van der Waals surface area contributed by atoms with Crippen LogP contribution >= 0.6 is 0 Å². The fraction of sp³-hybridized carbons (Fsp3) is 0.500. The summed E-state index contributed by atoms with van der Waals surface area (Å²) in [6.45, 7) is 5.13.